The predicted molar refractivity (Wildman–Crippen MR) is 60.0 cm³/mol. The van der Waals surface area contributed by atoms with Gasteiger partial charge >= 0.3 is 0 Å². The lowest BCUT2D eigenvalue weighted by molar-refractivity contribution is 0.892. The van der Waals surface area contributed by atoms with Crippen LogP contribution in [-0.2, 0) is 0 Å². The van der Waals surface area contributed by atoms with Crippen molar-refractivity contribution in [3.05, 3.63) is 30.1 Å². The second-order valence-electron chi connectivity index (χ2n) is 3.15. The Bertz CT molecular complexity index is 223. The van der Waals surface area contributed by atoms with Gasteiger partial charge < -0.3 is 0 Å². The van der Waals surface area contributed by atoms with E-state index in [-0.39, 0.29) is 0 Å². The van der Waals surface area contributed by atoms with Crippen LogP contribution in [0.2, 0.25) is 0 Å². The molecule has 0 aliphatic carbocycles. The molecule has 1 unspecified atom stereocenters. The number of pyridine rings is 1. The Balaban J connectivity index is 2.35. The highest BCUT2D eigenvalue weighted by Crippen LogP contribution is 2.27. The molecule has 0 aliphatic rings. The molecule has 0 N–H and O–H groups in total. The highest BCUT2D eigenvalue weighted by atomic mass is 32.2. The average molecular weight is 195 g/mol. The minimum atomic E-state index is 0.584. The molecule has 1 atom stereocenters. The highest BCUT2D eigenvalue weighted by molar-refractivity contribution is 7.99. The van der Waals surface area contributed by atoms with E-state index in [0.717, 1.165) is 0 Å². The van der Waals surface area contributed by atoms with Crippen LogP contribution in [0.4, 0.5) is 0 Å². The smallest absolute Gasteiger partial charge is 0.0311 e. The van der Waals surface area contributed by atoms with Gasteiger partial charge in [-0.15, -0.1) is 0 Å². The quantitative estimate of drug-likeness (QED) is 0.665. The van der Waals surface area contributed by atoms with Gasteiger partial charge in [0.25, 0.3) is 0 Å². The summed E-state index contributed by atoms with van der Waals surface area (Å²) in [6.07, 6.45) is 6.39. The summed E-state index contributed by atoms with van der Waals surface area (Å²) in [5.41, 5.74) is 1.34. The first-order valence-corrected chi connectivity index (χ1v) is 5.91. The van der Waals surface area contributed by atoms with E-state index in [1.807, 2.05) is 30.2 Å². The van der Waals surface area contributed by atoms with Crippen LogP contribution < -0.4 is 0 Å². The normalized spacial score (nSPS) is 12.8. The summed E-state index contributed by atoms with van der Waals surface area (Å²) in [5, 5.41) is 0.584. The zero-order valence-electron chi connectivity index (χ0n) is 8.36. The Hall–Kier alpha value is -0.500. The summed E-state index contributed by atoms with van der Waals surface area (Å²) in [7, 11) is 0. The summed E-state index contributed by atoms with van der Waals surface area (Å²) in [4.78, 5) is 4.12. The van der Waals surface area contributed by atoms with Crippen LogP contribution >= 0.6 is 11.8 Å². The predicted octanol–water partition coefficient (Wildman–Crippen LogP) is 3.68. The Morgan fingerprint density at radius 2 is 2.38 bits per heavy atom. The van der Waals surface area contributed by atoms with Crippen molar-refractivity contribution in [2.24, 2.45) is 0 Å². The first kappa shape index (κ1) is 10.6. The molecule has 72 valence electrons. The van der Waals surface area contributed by atoms with Crippen LogP contribution in [0.5, 0.6) is 0 Å². The standard InChI is InChI=1S/C11H17NS/c1-3-4-8-13-10(2)11-6-5-7-12-9-11/h5-7,9-10H,3-4,8H2,1-2H3. The molecule has 0 amide bonds. The molecule has 1 rings (SSSR count). The molecule has 0 aromatic carbocycles. The summed E-state index contributed by atoms with van der Waals surface area (Å²) < 4.78 is 0. The van der Waals surface area contributed by atoms with Gasteiger partial charge in [-0.1, -0.05) is 19.4 Å². The highest BCUT2D eigenvalue weighted by Gasteiger charge is 2.04. The molecule has 0 radical (unpaired) electrons. The molecule has 1 aromatic heterocycles. The maximum atomic E-state index is 4.12. The van der Waals surface area contributed by atoms with Crippen molar-refractivity contribution in [2.45, 2.75) is 31.9 Å². The topological polar surface area (TPSA) is 12.9 Å². The summed E-state index contributed by atoms with van der Waals surface area (Å²) in [5.74, 6) is 1.26. The van der Waals surface area contributed by atoms with E-state index >= 15 is 0 Å². The van der Waals surface area contributed by atoms with Crippen LogP contribution in [0.15, 0.2) is 24.5 Å². The Morgan fingerprint density at radius 1 is 1.54 bits per heavy atom. The SMILES string of the molecule is CCCCSC(C)c1cccnc1. The van der Waals surface area contributed by atoms with Crippen LogP contribution in [0.3, 0.4) is 0 Å². The number of hydrogen-bond acceptors (Lipinski definition) is 2. The summed E-state index contributed by atoms with van der Waals surface area (Å²) >= 11 is 2.01. The lowest BCUT2D eigenvalue weighted by Gasteiger charge is -2.09. The lowest BCUT2D eigenvalue weighted by Crippen LogP contribution is -1.90. The summed E-state index contributed by atoms with van der Waals surface area (Å²) in [6.45, 7) is 4.48. The van der Waals surface area contributed by atoms with Gasteiger partial charge in [0, 0.05) is 17.6 Å². The monoisotopic (exact) mass is 195 g/mol. The second kappa shape index (κ2) is 6.03. The number of rotatable bonds is 5. The lowest BCUT2D eigenvalue weighted by atomic mass is 10.2. The maximum Gasteiger partial charge on any atom is 0.0311 e. The Morgan fingerprint density at radius 3 is 3.00 bits per heavy atom. The van der Waals surface area contributed by atoms with Crippen molar-refractivity contribution in [2.75, 3.05) is 5.75 Å². The van der Waals surface area contributed by atoms with Gasteiger partial charge in [-0.05, 0) is 30.7 Å². The van der Waals surface area contributed by atoms with E-state index in [2.05, 4.69) is 24.9 Å². The first-order chi connectivity index (χ1) is 6.34. The van der Waals surface area contributed by atoms with E-state index in [9.17, 15) is 0 Å². The Labute approximate surface area is 85.0 Å². The molecule has 0 saturated heterocycles. The molecule has 0 spiro atoms. The molecular weight excluding hydrogens is 178 g/mol. The Kier molecular flexibility index (Phi) is 4.91. The molecule has 0 fully saturated rings. The van der Waals surface area contributed by atoms with E-state index in [0.29, 0.717) is 5.25 Å². The largest absolute Gasteiger partial charge is 0.264 e. The molecule has 0 saturated carbocycles. The van der Waals surface area contributed by atoms with Gasteiger partial charge in [-0.25, -0.2) is 0 Å². The molecule has 0 bridgehead atoms. The van der Waals surface area contributed by atoms with Gasteiger partial charge in [0.2, 0.25) is 0 Å². The third-order valence-corrected chi connectivity index (χ3v) is 3.32. The molecule has 1 aromatic rings. The molecule has 1 nitrogen and oxygen atoms in total. The minimum absolute atomic E-state index is 0.584. The first-order valence-electron chi connectivity index (χ1n) is 4.86. The molecule has 1 heterocycles. The fraction of sp³-hybridized carbons (Fsp3) is 0.545. The summed E-state index contributed by atoms with van der Waals surface area (Å²) in [6, 6.07) is 4.16. The van der Waals surface area contributed by atoms with Gasteiger partial charge in [0.1, 0.15) is 0 Å². The molecule has 0 aliphatic heterocycles. The zero-order valence-corrected chi connectivity index (χ0v) is 9.18. The van der Waals surface area contributed by atoms with Crippen molar-refractivity contribution in [1.29, 1.82) is 0 Å². The minimum Gasteiger partial charge on any atom is -0.264 e. The van der Waals surface area contributed by atoms with Crippen LogP contribution in [-0.4, -0.2) is 10.7 Å². The van der Waals surface area contributed by atoms with E-state index in [1.54, 1.807) is 0 Å². The van der Waals surface area contributed by atoms with Crippen molar-refractivity contribution in [3.8, 4) is 0 Å². The van der Waals surface area contributed by atoms with Gasteiger partial charge in [0.15, 0.2) is 0 Å². The van der Waals surface area contributed by atoms with Crippen LogP contribution in [0, 0.1) is 0 Å². The van der Waals surface area contributed by atoms with E-state index < -0.39 is 0 Å². The van der Waals surface area contributed by atoms with Crippen molar-refractivity contribution < 1.29 is 0 Å². The number of aromatic nitrogens is 1. The van der Waals surface area contributed by atoms with E-state index in [1.165, 1.54) is 24.2 Å². The number of hydrogen-bond donors (Lipinski definition) is 0. The van der Waals surface area contributed by atoms with Crippen molar-refractivity contribution in [3.63, 3.8) is 0 Å². The fourth-order valence-corrected chi connectivity index (χ4v) is 2.26. The van der Waals surface area contributed by atoms with Gasteiger partial charge in [-0.2, -0.15) is 11.8 Å². The third kappa shape index (κ3) is 3.81. The molecule has 13 heavy (non-hydrogen) atoms. The van der Waals surface area contributed by atoms with Gasteiger partial charge in [0.05, 0.1) is 0 Å². The maximum absolute atomic E-state index is 4.12. The van der Waals surface area contributed by atoms with Crippen molar-refractivity contribution in [1.82, 2.24) is 4.98 Å². The number of thioether (sulfide) groups is 1. The average Bonchev–Trinajstić information content (AvgIpc) is 2.19. The van der Waals surface area contributed by atoms with Crippen LogP contribution in [0.25, 0.3) is 0 Å². The van der Waals surface area contributed by atoms with Crippen LogP contribution in [0.1, 0.15) is 37.5 Å². The molecular formula is C11H17NS. The van der Waals surface area contributed by atoms with E-state index in [4.69, 9.17) is 0 Å². The molecule has 2 heteroatoms. The second-order valence-corrected chi connectivity index (χ2v) is 4.60. The van der Waals surface area contributed by atoms with Crippen molar-refractivity contribution >= 4 is 11.8 Å². The van der Waals surface area contributed by atoms with Gasteiger partial charge in [-0.3, -0.25) is 4.98 Å². The number of nitrogens with zero attached hydrogens (tertiary/aromatic N) is 1. The third-order valence-electron chi connectivity index (χ3n) is 2.02. The number of unbranched alkanes of at least 4 members (excludes halogenated alkanes) is 1. The fourth-order valence-electron chi connectivity index (χ4n) is 1.12. The zero-order chi connectivity index (χ0) is 9.52.